The van der Waals surface area contributed by atoms with Gasteiger partial charge < -0.3 is 14.2 Å². The summed E-state index contributed by atoms with van der Waals surface area (Å²) in [4.78, 5) is 38.3. The van der Waals surface area contributed by atoms with E-state index in [4.69, 9.17) is 14.2 Å². The van der Waals surface area contributed by atoms with Crippen molar-refractivity contribution < 1.29 is 28.6 Å². The quantitative estimate of drug-likeness (QED) is 0.0261. The monoisotopic (exact) mass is 1070 g/mol. The van der Waals surface area contributed by atoms with E-state index >= 15 is 0 Å². The standard InChI is InChI=1S/C71H122O6/c1-4-7-10-13-16-19-22-25-28-30-32-33-34-35-36-37-39-40-43-46-49-52-55-58-61-64-70(73)76-67-68(66-75-69(72)63-60-57-54-51-48-45-42-27-24-21-18-15-12-9-6-3)77-71(74)65-62-59-56-53-50-47-44-41-38-31-29-26-23-20-17-14-11-8-5-2/h8-9,11-12,17-18,20-21,26-27,29,38,41-42,48,51,68H,4-7,10,13-16,19,22-25,28,30-37,39-40,43-47,49-50,52-67H2,1-3H3/b11-8-,12-9-,20-17-,21-18-,29-26-,41-38-,42-27-,51-48-. The van der Waals surface area contributed by atoms with Crippen molar-refractivity contribution in [1.29, 1.82) is 0 Å². The molecule has 0 aliphatic rings. The van der Waals surface area contributed by atoms with Crippen LogP contribution in [-0.2, 0) is 28.6 Å². The van der Waals surface area contributed by atoms with E-state index in [0.717, 1.165) is 122 Å². The molecule has 0 aromatic carbocycles. The molecule has 0 fully saturated rings. The van der Waals surface area contributed by atoms with Crippen molar-refractivity contribution in [2.75, 3.05) is 13.2 Å². The van der Waals surface area contributed by atoms with Crippen molar-refractivity contribution in [1.82, 2.24) is 0 Å². The Balaban J connectivity index is 4.35. The molecule has 0 spiro atoms. The summed E-state index contributed by atoms with van der Waals surface area (Å²) in [6.07, 6.45) is 87.1. The van der Waals surface area contributed by atoms with Crippen molar-refractivity contribution >= 4 is 17.9 Å². The average molecular weight is 1070 g/mol. The summed E-state index contributed by atoms with van der Waals surface area (Å²) in [6.45, 7) is 6.40. The van der Waals surface area contributed by atoms with Crippen LogP contribution < -0.4 is 0 Å². The van der Waals surface area contributed by atoms with Crippen LogP contribution >= 0.6 is 0 Å². The summed E-state index contributed by atoms with van der Waals surface area (Å²) < 4.78 is 16.9. The minimum Gasteiger partial charge on any atom is -0.462 e. The van der Waals surface area contributed by atoms with E-state index in [1.54, 1.807) is 0 Å². The average Bonchev–Trinajstić information content (AvgIpc) is 3.43. The minimum absolute atomic E-state index is 0.0948. The van der Waals surface area contributed by atoms with Gasteiger partial charge in [-0.3, -0.25) is 14.4 Å². The van der Waals surface area contributed by atoms with Crippen LogP contribution in [0.4, 0.5) is 0 Å². The SMILES string of the molecule is CC/C=C\C/C=C\C/C=C\C/C=C\CCCCCCCCC(=O)OC(COC(=O)CCCC/C=C\C/C=C\C/C=C\C/C=C\CC)COC(=O)CCCCCCCCCCCCCCCCCCCCCCCCCCC. The van der Waals surface area contributed by atoms with E-state index in [2.05, 4.69) is 118 Å². The highest BCUT2D eigenvalue weighted by Crippen LogP contribution is 2.17. The number of hydrogen-bond donors (Lipinski definition) is 0. The zero-order valence-corrected chi connectivity index (χ0v) is 50.7. The Morgan fingerprint density at radius 2 is 0.506 bits per heavy atom. The first kappa shape index (κ1) is 73.3. The second-order valence-corrected chi connectivity index (χ2v) is 21.6. The van der Waals surface area contributed by atoms with Crippen molar-refractivity contribution in [2.24, 2.45) is 0 Å². The highest BCUT2D eigenvalue weighted by molar-refractivity contribution is 5.71. The van der Waals surface area contributed by atoms with Gasteiger partial charge in [0.25, 0.3) is 0 Å². The predicted molar refractivity (Wildman–Crippen MR) is 334 cm³/mol. The Bertz CT molecular complexity index is 1510. The molecule has 6 nitrogen and oxygen atoms in total. The molecular formula is C71H122O6. The second kappa shape index (κ2) is 64.9. The molecule has 1 unspecified atom stereocenters. The number of ether oxygens (including phenoxy) is 3. The van der Waals surface area contributed by atoms with Gasteiger partial charge in [-0.05, 0) is 96.3 Å². The van der Waals surface area contributed by atoms with Crippen molar-refractivity contribution in [3.05, 3.63) is 97.2 Å². The van der Waals surface area contributed by atoms with Gasteiger partial charge in [0, 0.05) is 19.3 Å². The Kier molecular flexibility index (Phi) is 61.8. The first-order valence-corrected chi connectivity index (χ1v) is 32.7. The Labute approximate surface area is 477 Å². The number of rotatable bonds is 59. The maximum Gasteiger partial charge on any atom is 0.306 e. The predicted octanol–water partition coefficient (Wildman–Crippen LogP) is 22.4. The molecular weight excluding hydrogens is 949 g/mol. The molecule has 442 valence electrons. The molecule has 0 heterocycles. The summed E-state index contributed by atoms with van der Waals surface area (Å²) in [5.74, 6) is -0.941. The molecule has 1 atom stereocenters. The first-order valence-electron chi connectivity index (χ1n) is 32.7. The summed E-state index contributed by atoms with van der Waals surface area (Å²) in [7, 11) is 0. The molecule has 0 rings (SSSR count). The summed E-state index contributed by atoms with van der Waals surface area (Å²) in [5, 5.41) is 0. The van der Waals surface area contributed by atoms with Crippen LogP contribution in [0.3, 0.4) is 0 Å². The molecule has 0 N–H and O–H groups in total. The van der Waals surface area contributed by atoms with Crippen LogP contribution in [0.5, 0.6) is 0 Å². The lowest BCUT2D eigenvalue weighted by Crippen LogP contribution is -2.30. The number of unbranched alkanes of at least 4 members (excludes halogenated alkanes) is 32. The molecule has 0 aliphatic carbocycles. The fourth-order valence-electron chi connectivity index (χ4n) is 9.25. The molecule has 0 saturated heterocycles. The van der Waals surface area contributed by atoms with Crippen molar-refractivity contribution in [3.63, 3.8) is 0 Å². The van der Waals surface area contributed by atoms with Gasteiger partial charge in [-0.25, -0.2) is 0 Å². The Morgan fingerprint density at radius 3 is 0.818 bits per heavy atom. The van der Waals surface area contributed by atoms with E-state index in [9.17, 15) is 14.4 Å². The summed E-state index contributed by atoms with van der Waals surface area (Å²) >= 11 is 0. The fraction of sp³-hybridized carbons (Fsp3) is 0.732. The number of carbonyl (C=O) groups is 3. The van der Waals surface area contributed by atoms with Gasteiger partial charge in [0.15, 0.2) is 6.10 Å². The van der Waals surface area contributed by atoms with E-state index in [1.165, 1.54) is 154 Å². The van der Waals surface area contributed by atoms with Gasteiger partial charge in [-0.2, -0.15) is 0 Å². The Hall–Kier alpha value is -3.67. The lowest BCUT2D eigenvalue weighted by molar-refractivity contribution is -0.167. The van der Waals surface area contributed by atoms with E-state index in [0.29, 0.717) is 19.3 Å². The molecule has 0 saturated carbocycles. The van der Waals surface area contributed by atoms with Gasteiger partial charge in [-0.1, -0.05) is 298 Å². The van der Waals surface area contributed by atoms with Crippen LogP contribution in [0.15, 0.2) is 97.2 Å². The van der Waals surface area contributed by atoms with Crippen LogP contribution in [-0.4, -0.2) is 37.2 Å². The molecule has 0 aliphatic heterocycles. The van der Waals surface area contributed by atoms with Gasteiger partial charge in [-0.15, -0.1) is 0 Å². The number of carbonyl (C=O) groups excluding carboxylic acids is 3. The number of hydrogen-bond acceptors (Lipinski definition) is 6. The number of allylic oxidation sites excluding steroid dienone is 16. The molecule has 0 aromatic heterocycles. The maximum absolute atomic E-state index is 12.9. The van der Waals surface area contributed by atoms with Crippen LogP contribution in [0.2, 0.25) is 0 Å². The van der Waals surface area contributed by atoms with E-state index in [-0.39, 0.29) is 31.1 Å². The number of esters is 3. The lowest BCUT2D eigenvalue weighted by Gasteiger charge is -2.18. The maximum atomic E-state index is 12.9. The van der Waals surface area contributed by atoms with Gasteiger partial charge >= 0.3 is 17.9 Å². The Morgan fingerprint density at radius 1 is 0.273 bits per heavy atom. The zero-order chi connectivity index (χ0) is 55.7. The second-order valence-electron chi connectivity index (χ2n) is 21.6. The molecule has 0 amide bonds. The van der Waals surface area contributed by atoms with Crippen LogP contribution in [0.1, 0.15) is 316 Å². The van der Waals surface area contributed by atoms with Gasteiger partial charge in [0.1, 0.15) is 13.2 Å². The largest absolute Gasteiger partial charge is 0.462 e. The molecule has 0 aromatic rings. The lowest BCUT2D eigenvalue weighted by atomic mass is 10.0. The molecule has 0 bridgehead atoms. The van der Waals surface area contributed by atoms with Gasteiger partial charge in [0.05, 0.1) is 0 Å². The molecule has 0 radical (unpaired) electrons. The van der Waals surface area contributed by atoms with Crippen molar-refractivity contribution in [2.45, 2.75) is 322 Å². The summed E-state index contributed by atoms with van der Waals surface area (Å²) in [6, 6.07) is 0. The smallest absolute Gasteiger partial charge is 0.306 e. The fourth-order valence-corrected chi connectivity index (χ4v) is 9.25. The van der Waals surface area contributed by atoms with Crippen LogP contribution in [0, 0.1) is 0 Å². The molecule has 6 heteroatoms. The third kappa shape index (κ3) is 63.0. The van der Waals surface area contributed by atoms with Crippen LogP contribution in [0.25, 0.3) is 0 Å². The highest BCUT2D eigenvalue weighted by Gasteiger charge is 2.19. The molecule has 77 heavy (non-hydrogen) atoms. The normalized spacial score (nSPS) is 12.7. The minimum atomic E-state index is -0.804. The van der Waals surface area contributed by atoms with Gasteiger partial charge in [0.2, 0.25) is 0 Å². The topological polar surface area (TPSA) is 78.9 Å². The van der Waals surface area contributed by atoms with E-state index in [1.807, 2.05) is 0 Å². The highest BCUT2D eigenvalue weighted by atomic mass is 16.6. The third-order valence-corrected chi connectivity index (χ3v) is 14.1. The van der Waals surface area contributed by atoms with Crippen molar-refractivity contribution in [3.8, 4) is 0 Å². The summed E-state index contributed by atoms with van der Waals surface area (Å²) in [5.41, 5.74) is 0. The van der Waals surface area contributed by atoms with E-state index < -0.39 is 6.10 Å². The zero-order valence-electron chi connectivity index (χ0n) is 50.7. The first-order chi connectivity index (χ1) is 38.0. The third-order valence-electron chi connectivity index (χ3n) is 14.1.